The van der Waals surface area contributed by atoms with E-state index in [4.69, 9.17) is 5.73 Å². The van der Waals surface area contributed by atoms with E-state index in [1.54, 1.807) is 0 Å². The van der Waals surface area contributed by atoms with Gasteiger partial charge in [-0.3, -0.25) is 10.1 Å². The Kier molecular flexibility index (Phi) is 2.85. The second-order valence-electron chi connectivity index (χ2n) is 4.82. The SMILES string of the molecule is Nc1nnn(Cc2cc(F)ccc2[N+](=O)[O-])c1C1CC1. The van der Waals surface area contributed by atoms with Gasteiger partial charge in [0.1, 0.15) is 5.82 Å². The van der Waals surface area contributed by atoms with Crippen molar-refractivity contribution in [2.45, 2.75) is 25.3 Å². The van der Waals surface area contributed by atoms with Gasteiger partial charge < -0.3 is 5.73 Å². The topological polar surface area (TPSA) is 99.9 Å². The zero-order valence-corrected chi connectivity index (χ0v) is 10.5. The minimum atomic E-state index is -0.536. The van der Waals surface area contributed by atoms with Gasteiger partial charge in [-0.2, -0.15) is 0 Å². The van der Waals surface area contributed by atoms with E-state index in [1.165, 1.54) is 4.68 Å². The largest absolute Gasteiger partial charge is 0.381 e. The lowest BCUT2D eigenvalue weighted by molar-refractivity contribution is -0.385. The van der Waals surface area contributed by atoms with Crippen LogP contribution in [0.4, 0.5) is 15.9 Å². The number of halogens is 1. The van der Waals surface area contributed by atoms with Crippen LogP contribution in [0.3, 0.4) is 0 Å². The molecule has 1 aliphatic rings. The van der Waals surface area contributed by atoms with Crippen LogP contribution in [0.5, 0.6) is 0 Å². The summed E-state index contributed by atoms with van der Waals surface area (Å²) < 4.78 is 14.8. The van der Waals surface area contributed by atoms with Crippen LogP contribution in [-0.2, 0) is 6.54 Å². The Morgan fingerprint density at radius 2 is 2.25 bits per heavy atom. The molecular formula is C12H12FN5O2. The van der Waals surface area contributed by atoms with Crippen LogP contribution < -0.4 is 5.73 Å². The Morgan fingerprint density at radius 3 is 2.90 bits per heavy atom. The summed E-state index contributed by atoms with van der Waals surface area (Å²) in [4.78, 5) is 10.4. The molecular weight excluding hydrogens is 265 g/mol. The van der Waals surface area contributed by atoms with Gasteiger partial charge in [-0.1, -0.05) is 5.21 Å². The third-order valence-electron chi connectivity index (χ3n) is 3.32. The lowest BCUT2D eigenvalue weighted by Crippen LogP contribution is -2.09. The van der Waals surface area contributed by atoms with Crippen LogP contribution in [-0.4, -0.2) is 19.9 Å². The van der Waals surface area contributed by atoms with Crippen LogP contribution in [0.2, 0.25) is 0 Å². The Hall–Kier alpha value is -2.51. The maximum Gasteiger partial charge on any atom is 0.274 e. The first-order valence-electron chi connectivity index (χ1n) is 6.18. The first kappa shape index (κ1) is 12.5. The molecule has 2 N–H and O–H groups in total. The molecule has 8 heteroatoms. The number of hydrogen-bond acceptors (Lipinski definition) is 5. The average molecular weight is 277 g/mol. The first-order valence-corrected chi connectivity index (χ1v) is 6.18. The van der Waals surface area contributed by atoms with Crippen LogP contribution >= 0.6 is 0 Å². The van der Waals surface area contributed by atoms with Crippen molar-refractivity contribution < 1.29 is 9.31 Å². The van der Waals surface area contributed by atoms with Crippen molar-refractivity contribution in [3.05, 3.63) is 45.4 Å². The molecule has 1 aliphatic carbocycles. The van der Waals surface area contributed by atoms with E-state index < -0.39 is 10.7 Å². The Balaban J connectivity index is 1.99. The maximum absolute atomic E-state index is 13.3. The van der Waals surface area contributed by atoms with Crippen molar-refractivity contribution in [1.29, 1.82) is 0 Å². The number of nitrogens with two attached hydrogens (primary N) is 1. The summed E-state index contributed by atoms with van der Waals surface area (Å²) in [7, 11) is 0. The van der Waals surface area contributed by atoms with Crippen molar-refractivity contribution in [3.8, 4) is 0 Å². The van der Waals surface area contributed by atoms with E-state index in [0.717, 1.165) is 36.7 Å². The van der Waals surface area contributed by atoms with Gasteiger partial charge in [-0.05, 0) is 25.0 Å². The standard InChI is InChI=1S/C12H12FN5O2/c13-9-3-4-10(18(19)20)8(5-9)6-17-11(7-1-2-7)12(14)15-16-17/h3-5,7H,1-2,6,14H2. The van der Waals surface area contributed by atoms with Crippen molar-refractivity contribution in [1.82, 2.24) is 15.0 Å². The fourth-order valence-corrected chi connectivity index (χ4v) is 2.25. The van der Waals surface area contributed by atoms with E-state index >= 15 is 0 Å². The highest BCUT2D eigenvalue weighted by atomic mass is 19.1. The van der Waals surface area contributed by atoms with Crippen molar-refractivity contribution in [3.63, 3.8) is 0 Å². The van der Waals surface area contributed by atoms with E-state index in [2.05, 4.69) is 10.3 Å². The number of nitrogens with zero attached hydrogens (tertiary/aromatic N) is 4. The molecule has 20 heavy (non-hydrogen) atoms. The summed E-state index contributed by atoms with van der Waals surface area (Å²) in [6, 6.07) is 3.37. The Morgan fingerprint density at radius 1 is 1.50 bits per heavy atom. The summed E-state index contributed by atoms with van der Waals surface area (Å²) in [5.74, 6) is 0.121. The molecule has 0 saturated heterocycles. The van der Waals surface area contributed by atoms with Crippen LogP contribution in [0, 0.1) is 15.9 Å². The zero-order chi connectivity index (χ0) is 14.3. The fourth-order valence-electron chi connectivity index (χ4n) is 2.25. The molecule has 1 heterocycles. The molecule has 0 unspecified atom stereocenters. The second kappa shape index (κ2) is 4.55. The van der Waals surface area contributed by atoms with E-state index in [1.807, 2.05) is 0 Å². The molecule has 0 amide bonds. The minimum absolute atomic E-state index is 0.0874. The third-order valence-corrected chi connectivity index (χ3v) is 3.32. The molecule has 7 nitrogen and oxygen atoms in total. The Bertz CT molecular complexity index is 680. The van der Waals surface area contributed by atoms with Gasteiger partial charge in [-0.15, -0.1) is 5.10 Å². The normalized spacial score (nSPS) is 14.4. The van der Waals surface area contributed by atoms with Crippen LogP contribution in [0.15, 0.2) is 18.2 Å². The number of rotatable bonds is 4. The molecule has 1 saturated carbocycles. The second-order valence-corrected chi connectivity index (χ2v) is 4.82. The van der Waals surface area contributed by atoms with Crippen LogP contribution in [0.1, 0.15) is 30.0 Å². The number of nitro groups is 1. The molecule has 1 aromatic carbocycles. The highest BCUT2D eigenvalue weighted by molar-refractivity contribution is 5.42. The highest BCUT2D eigenvalue weighted by Gasteiger charge is 2.31. The van der Waals surface area contributed by atoms with E-state index in [0.29, 0.717) is 11.7 Å². The molecule has 1 aromatic heterocycles. The van der Waals surface area contributed by atoms with Crippen molar-refractivity contribution in [2.75, 3.05) is 5.73 Å². The first-order chi connectivity index (χ1) is 9.56. The molecule has 0 aliphatic heterocycles. The minimum Gasteiger partial charge on any atom is -0.381 e. The van der Waals surface area contributed by atoms with Crippen LogP contribution in [0.25, 0.3) is 0 Å². The van der Waals surface area contributed by atoms with Gasteiger partial charge in [0, 0.05) is 12.0 Å². The zero-order valence-electron chi connectivity index (χ0n) is 10.5. The quantitative estimate of drug-likeness (QED) is 0.678. The summed E-state index contributed by atoms with van der Waals surface area (Å²) in [6.45, 7) is 0.0874. The molecule has 0 radical (unpaired) electrons. The van der Waals surface area contributed by atoms with Gasteiger partial charge in [0.15, 0.2) is 5.82 Å². The van der Waals surface area contributed by atoms with Gasteiger partial charge in [0.25, 0.3) is 5.69 Å². The average Bonchev–Trinajstić information content (AvgIpc) is 3.15. The summed E-state index contributed by atoms with van der Waals surface area (Å²) >= 11 is 0. The lowest BCUT2D eigenvalue weighted by Gasteiger charge is -2.07. The molecule has 0 atom stereocenters. The number of nitro benzene ring substituents is 1. The van der Waals surface area contributed by atoms with E-state index in [-0.39, 0.29) is 17.8 Å². The smallest absolute Gasteiger partial charge is 0.274 e. The summed E-state index contributed by atoms with van der Waals surface area (Å²) in [6.07, 6.45) is 2.01. The van der Waals surface area contributed by atoms with E-state index in [9.17, 15) is 14.5 Å². The predicted molar refractivity (Wildman–Crippen MR) is 68.6 cm³/mol. The molecule has 104 valence electrons. The van der Waals surface area contributed by atoms with Crippen molar-refractivity contribution in [2.24, 2.45) is 0 Å². The van der Waals surface area contributed by atoms with Crippen molar-refractivity contribution >= 4 is 11.5 Å². The highest BCUT2D eigenvalue weighted by Crippen LogP contribution is 2.42. The van der Waals surface area contributed by atoms with Gasteiger partial charge >= 0.3 is 0 Å². The predicted octanol–water partition coefficient (Wildman–Crippen LogP) is 1.83. The third kappa shape index (κ3) is 2.20. The fraction of sp³-hybridized carbons (Fsp3) is 0.333. The number of nitrogen functional groups attached to an aromatic ring is 1. The lowest BCUT2D eigenvalue weighted by atomic mass is 10.1. The molecule has 2 aromatic rings. The van der Waals surface area contributed by atoms with Gasteiger partial charge in [-0.25, -0.2) is 9.07 Å². The number of aromatic nitrogens is 3. The maximum atomic E-state index is 13.3. The molecule has 0 bridgehead atoms. The van der Waals surface area contributed by atoms with Gasteiger partial charge in [0.05, 0.1) is 22.7 Å². The van der Waals surface area contributed by atoms with Gasteiger partial charge in [0.2, 0.25) is 0 Å². The summed E-state index contributed by atoms with van der Waals surface area (Å²) in [5, 5.41) is 18.7. The molecule has 3 rings (SSSR count). The number of benzene rings is 1. The number of anilines is 1. The Labute approximate surface area is 113 Å². The molecule has 0 spiro atoms. The number of hydrogen-bond donors (Lipinski definition) is 1. The summed E-state index contributed by atoms with van der Waals surface area (Å²) in [5.41, 5.74) is 6.66. The molecule has 1 fully saturated rings. The monoisotopic (exact) mass is 277 g/mol.